The third kappa shape index (κ3) is 6.03. The monoisotopic (exact) mass is 500 g/mol. The number of benzene rings is 3. The SMILES string of the molecule is O=C(O)[C@@H](CCC(=O)N1c2ccccc2C[C@H]1C(=O)O)N(Cc1ccccc1)C(=O)Cc1ccccc1. The summed E-state index contributed by atoms with van der Waals surface area (Å²) in [7, 11) is 0. The summed E-state index contributed by atoms with van der Waals surface area (Å²) in [6, 6.07) is 22.8. The van der Waals surface area contributed by atoms with Gasteiger partial charge in [-0.2, -0.15) is 0 Å². The van der Waals surface area contributed by atoms with E-state index in [1.807, 2.05) is 48.5 Å². The van der Waals surface area contributed by atoms with Gasteiger partial charge in [0.1, 0.15) is 12.1 Å². The Morgan fingerprint density at radius 1 is 0.838 bits per heavy atom. The highest BCUT2D eigenvalue weighted by Crippen LogP contribution is 2.33. The molecule has 0 fully saturated rings. The second-order valence-corrected chi connectivity index (χ2v) is 9.01. The van der Waals surface area contributed by atoms with Crippen LogP contribution in [0.25, 0.3) is 0 Å². The summed E-state index contributed by atoms with van der Waals surface area (Å²) in [5.74, 6) is -3.20. The van der Waals surface area contributed by atoms with Gasteiger partial charge >= 0.3 is 11.9 Å². The molecule has 3 aromatic carbocycles. The molecule has 0 radical (unpaired) electrons. The number of carboxylic acids is 2. The number of amides is 2. The standard InChI is InChI=1S/C29H28N2O6/c32-26(31-23-14-8-7-13-22(23)18-25(31)29(36)37)16-15-24(28(34)35)30(19-21-11-5-2-6-12-21)27(33)17-20-9-3-1-4-10-20/h1-14,24-25H,15-19H2,(H,34,35)(H,36,37)/t24-,25+/m1/s1. The Labute approximate surface area is 214 Å². The predicted octanol–water partition coefficient (Wildman–Crippen LogP) is 3.53. The van der Waals surface area contributed by atoms with Gasteiger partial charge in [0, 0.05) is 25.1 Å². The van der Waals surface area contributed by atoms with Crippen molar-refractivity contribution in [1.29, 1.82) is 0 Å². The molecule has 190 valence electrons. The Morgan fingerprint density at radius 2 is 1.43 bits per heavy atom. The molecule has 0 spiro atoms. The second-order valence-electron chi connectivity index (χ2n) is 9.01. The van der Waals surface area contributed by atoms with E-state index >= 15 is 0 Å². The molecule has 8 nitrogen and oxygen atoms in total. The van der Waals surface area contributed by atoms with Crippen LogP contribution >= 0.6 is 0 Å². The molecule has 1 aliphatic rings. The Kier molecular flexibility index (Phi) is 7.98. The fourth-order valence-electron chi connectivity index (χ4n) is 4.71. The molecule has 0 saturated carbocycles. The first-order valence-electron chi connectivity index (χ1n) is 12.1. The highest BCUT2D eigenvalue weighted by Gasteiger charge is 2.39. The maximum Gasteiger partial charge on any atom is 0.327 e. The highest BCUT2D eigenvalue weighted by atomic mass is 16.4. The second kappa shape index (κ2) is 11.5. The first-order chi connectivity index (χ1) is 17.8. The summed E-state index contributed by atoms with van der Waals surface area (Å²) in [6.45, 7) is 0.0714. The van der Waals surface area contributed by atoms with Crippen molar-refractivity contribution < 1.29 is 29.4 Å². The minimum atomic E-state index is -1.26. The van der Waals surface area contributed by atoms with Crippen LogP contribution in [0.15, 0.2) is 84.9 Å². The number of carbonyl (C=O) groups excluding carboxylic acids is 2. The van der Waals surface area contributed by atoms with Gasteiger partial charge in [0.05, 0.1) is 6.42 Å². The molecule has 0 bridgehead atoms. The molecule has 1 heterocycles. The molecule has 37 heavy (non-hydrogen) atoms. The summed E-state index contributed by atoms with van der Waals surface area (Å²) in [5.41, 5.74) is 2.79. The summed E-state index contributed by atoms with van der Waals surface area (Å²) in [4.78, 5) is 53.4. The maximum absolute atomic E-state index is 13.4. The molecule has 0 aliphatic carbocycles. The van der Waals surface area contributed by atoms with Crippen molar-refractivity contribution in [3.8, 4) is 0 Å². The van der Waals surface area contributed by atoms with Crippen LogP contribution in [0, 0.1) is 0 Å². The minimum Gasteiger partial charge on any atom is -0.480 e. The van der Waals surface area contributed by atoms with E-state index in [-0.39, 0.29) is 38.1 Å². The Bertz CT molecular complexity index is 1280. The van der Waals surface area contributed by atoms with Crippen molar-refractivity contribution in [2.24, 2.45) is 0 Å². The number of carbonyl (C=O) groups is 4. The van der Waals surface area contributed by atoms with Crippen molar-refractivity contribution in [1.82, 2.24) is 4.90 Å². The van der Waals surface area contributed by atoms with E-state index < -0.39 is 29.9 Å². The molecule has 0 saturated heterocycles. The molecule has 4 rings (SSSR count). The zero-order chi connectivity index (χ0) is 26.4. The molecule has 0 aromatic heterocycles. The van der Waals surface area contributed by atoms with Gasteiger partial charge in [0.2, 0.25) is 11.8 Å². The van der Waals surface area contributed by atoms with Crippen LogP contribution in [-0.4, -0.2) is 50.9 Å². The average Bonchev–Trinajstić information content (AvgIpc) is 3.29. The molecular weight excluding hydrogens is 472 g/mol. The van der Waals surface area contributed by atoms with Gasteiger partial charge in [0.25, 0.3) is 0 Å². The maximum atomic E-state index is 13.4. The van der Waals surface area contributed by atoms with Crippen LogP contribution < -0.4 is 4.90 Å². The number of carboxylic acid groups (broad SMARTS) is 2. The Hall–Kier alpha value is -4.46. The van der Waals surface area contributed by atoms with Gasteiger partial charge in [-0.25, -0.2) is 9.59 Å². The molecule has 2 N–H and O–H groups in total. The molecule has 0 unspecified atom stereocenters. The number of hydrogen-bond donors (Lipinski definition) is 2. The summed E-state index contributed by atoms with van der Waals surface area (Å²) >= 11 is 0. The van der Waals surface area contributed by atoms with E-state index in [9.17, 15) is 29.4 Å². The van der Waals surface area contributed by atoms with E-state index in [1.54, 1.807) is 36.4 Å². The van der Waals surface area contributed by atoms with Crippen molar-refractivity contribution in [3.63, 3.8) is 0 Å². The van der Waals surface area contributed by atoms with Crippen molar-refractivity contribution >= 4 is 29.4 Å². The summed E-state index contributed by atoms with van der Waals surface area (Å²) < 4.78 is 0. The number of fused-ring (bicyclic) bond motifs is 1. The molecule has 3 aromatic rings. The quantitative estimate of drug-likeness (QED) is 0.440. The molecule has 2 amide bonds. The van der Waals surface area contributed by atoms with Crippen LogP contribution in [0.5, 0.6) is 0 Å². The number of para-hydroxylation sites is 1. The van der Waals surface area contributed by atoms with Gasteiger partial charge in [-0.3, -0.25) is 14.5 Å². The van der Waals surface area contributed by atoms with Crippen LogP contribution in [0.2, 0.25) is 0 Å². The number of nitrogens with zero attached hydrogens (tertiary/aromatic N) is 2. The average molecular weight is 501 g/mol. The lowest BCUT2D eigenvalue weighted by Crippen LogP contribution is -2.47. The Balaban J connectivity index is 1.56. The third-order valence-corrected chi connectivity index (χ3v) is 6.54. The van der Waals surface area contributed by atoms with Gasteiger partial charge in [-0.15, -0.1) is 0 Å². The summed E-state index contributed by atoms with van der Waals surface area (Å²) in [6.07, 6.45) is -0.160. The molecule has 8 heteroatoms. The van der Waals surface area contributed by atoms with E-state index in [0.717, 1.165) is 16.7 Å². The number of hydrogen-bond acceptors (Lipinski definition) is 4. The van der Waals surface area contributed by atoms with E-state index in [2.05, 4.69) is 0 Å². The lowest BCUT2D eigenvalue weighted by atomic mass is 10.0. The van der Waals surface area contributed by atoms with Gasteiger partial charge in [-0.1, -0.05) is 78.9 Å². The first-order valence-corrected chi connectivity index (χ1v) is 12.1. The largest absolute Gasteiger partial charge is 0.480 e. The van der Waals surface area contributed by atoms with Crippen molar-refractivity contribution in [2.45, 2.75) is 44.3 Å². The fraction of sp³-hybridized carbons (Fsp3) is 0.241. The lowest BCUT2D eigenvalue weighted by molar-refractivity contribution is -0.151. The number of aliphatic carboxylic acids is 2. The van der Waals surface area contributed by atoms with Crippen molar-refractivity contribution in [2.75, 3.05) is 4.90 Å². The smallest absolute Gasteiger partial charge is 0.327 e. The molecule has 1 aliphatic heterocycles. The van der Waals surface area contributed by atoms with Crippen molar-refractivity contribution in [3.05, 3.63) is 102 Å². The topological polar surface area (TPSA) is 115 Å². The zero-order valence-corrected chi connectivity index (χ0v) is 20.2. The Morgan fingerprint density at radius 3 is 2.05 bits per heavy atom. The molecule has 2 atom stereocenters. The summed E-state index contributed by atoms with van der Waals surface area (Å²) in [5, 5.41) is 19.8. The number of anilines is 1. The lowest BCUT2D eigenvalue weighted by Gasteiger charge is -2.30. The zero-order valence-electron chi connectivity index (χ0n) is 20.2. The van der Waals surface area contributed by atoms with Crippen LogP contribution in [0.3, 0.4) is 0 Å². The third-order valence-electron chi connectivity index (χ3n) is 6.54. The minimum absolute atomic E-state index is 0.0198. The van der Waals surface area contributed by atoms with E-state index in [1.165, 1.54) is 9.80 Å². The van der Waals surface area contributed by atoms with Gasteiger partial charge < -0.3 is 15.1 Å². The highest BCUT2D eigenvalue weighted by molar-refractivity contribution is 6.02. The normalized spacial score (nSPS) is 15.0. The number of rotatable bonds is 10. The van der Waals surface area contributed by atoms with Gasteiger partial charge in [0.15, 0.2) is 0 Å². The van der Waals surface area contributed by atoms with Crippen LogP contribution in [0.4, 0.5) is 5.69 Å². The van der Waals surface area contributed by atoms with E-state index in [0.29, 0.717) is 5.69 Å². The van der Waals surface area contributed by atoms with Gasteiger partial charge in [-0.05, 0) is 29.2 Å². The van der Waals surface area contributed by atoms with E-state index in [4.69, 9.17) is 0 Å². The first kappa shape index (κ1) is 25.6. The predicted molar refractivity (Wildman–Crippen MR) is 137 cm³/mol. The van der Waals surface area contributed by atoms with Crippen LogP contribution in [-0.2, 0) is 38.6 Å². The fourth-order valence-corrected chi connectivity index (χ4v) is 4.71. The molecular formula is C29H28N2O6. The van der Waals surface area contributed by atoms with Crippen LogP contribution in [0.1, 0.15) is 29.5 Å².